The molecule has 16 heavy (non-hydrogen) atoms. The summed E-state index contributed by atoms with van der Waals surface area (Å²) < 4.78 is 4.57. The molecule has 0 fully saturated rings. The Kier molecular flexibility index (Phi) is 2.81. The first-order valence-corrected chi connectivity index (χ1v) is 4.58. The molecular weight excluding hydrogens is 210 g/mol. The molecule has 1 aromatic heterocycles. The van der Waals surface area contributed by atoms with Gasteiger partial charge in [0.15, 0.2) is 5.82 Å². The lowest BCUT2D eigenvalue weighted by Gasteiger charge is -2.03. The van der Waals surface area contributed by atoms with E-state index in [1.807, 2.05) is 0 Å². The van der Waals surface area contributed by atoms with Gasteiger partial charge in [0.25, 0.3) is 0 Å². The fraction of sp³-hybridized carbons (Fsp3) is 0.100. The van der Waals surface area contributed by atoms with Crippen molar-refractivity contribution in [2.75, 3.05) is 5.32 Å². The molecule has 1 aromatic carbocycles. The summed E-state index contributed by atoms with van der Waals surface area (Å²) in [7, 11) is 0. The van der Waals surface area contributed by atoms with E-state index in [2.05, 4.69) is 20.0 Å². The number of nitrogens with zero attached hydrogens (tertiary/aromatic N) is 2. The van der Waals surface area contributed by atoms with Crippen LogP contribution in [0.25, 0.3) is 0 Å². The van der Waals surface area contributed by atoms with Gasteiger partial charge in [-0.3, -0.25) is 0 Å². The topological polar surface area (TPSA) is 88.2 Å². The summed E-state index contributed by atoms with van der Waals surface area (Å²) >= 11 is 0. The summed E-state index contributed by atoms with van der Waals surface area (Å²) in [6, 6.07) is 6.51. The Morgan fingerprint density at radius 1 is 1.50 bits per heavy atom. The predicted octanol–water partition coefficient (Wildman–Crippen LogP) is 1.38. The third-order valence-electron chi connectivity index (χ3n) is 1.97. The predicted molar refractivity (Wildman–Crippen MR) is 55.0 cm³/mol. The van der Waals surface area contributed by atoms with Crippen molar-refractivity contribution in [3.8, 4) is 0 Å². The molecule has 0 spiro atoms. The van der Waals surface area contributed by atoms with Crippen LogP contribution in [0, 0.1) is 0 Å². The van der Waals surface area contributed by atoms with E-state index in [9.17, 15) is 4.79 Å². The highest BCUT2D eigenvalue weighted by Gasteiger charge is 2.03. The van der Waals surface area contributed by atoms with E-state index in [-0.39, 0.29) is 5.56 Å². The first-order valence-electron chi connectivity index (χ1n) is 4.58. The van der Waals surface area contributed by atoms with Gasteiger partial charge in [0.05, 0.1) is 12.1 Å². The number of rotatable bonds is 4. The minimum Gasteiger partial charge on any atom is -0.478 e. The highest BCUT2D eigenvalue weighted by Crippen LogP contribution is 2.11. The summed E-state index contributed by atoms with van der Waals surface area (Å²) in [6.45, 7) is 0.388. The number of carboxylic acids is 1. The first-order chi connectivity index (χ1) is 7.75. The molecule has 0 radical (unpaired) electrons. The van der Waals surface area contributed by atoms with Crippen LogP contribution in [-0.4, -0.2) is 21.2 Å². The van der Waals surface area contributed by atoms with Crippen LogP contribution >= 0.6 is 0 Å². The van der Waals surface area contributed by atoms with Gasteiger partial charge in [0.1, 0.15) is 0 Å². The fourth-order valence-corrected chi connectivity index (χ4v) is 1.21. The Balaban J connectivity index is 2.04. The van der Waals surface area contributed by atoms with Crippen LogP contribution in [0.1, 0.15) is 16.2 Å². The number of carbonyl (C=O) groups is 1. The van der Waals surface area contributed by atoms with Gasteiger partial charge in [0.2, 0.25) is 6.39 Å². The van der Waals surface area contributed by atoms with Crippen molar-refractivity contribution < 1.29 is 14.4 Å². The van der Waals surface area contributed by atoms with Crippen molar-refractivity contribution >= 4 is 11.7 Å². The van der Waals surface area contributed by atoms with Crippen LogP contribution in [0.3, 0.4) is 0 Å². The van der Waals surface area contributed by atoms with Crippen molar-refractivity contribution in [1.82, 2.24) is 10.1 Å². The molecule has 0 atom stereocenters. The quantitative estimate of drug-likeness (QED) is 0.807. The van der Waals surface area contributed by atoms with Crippen molar-refractivity contribution in [2.45, 2.75) is 6.54 Å². The largest absolute Gasteiger partial charge is 0.478 e. The number of hydrogen-bond donors (Lipinski definition) is 2. The number of aromatic carboxylic acids is 1. The van der Waals surface area contributed by atoms with Crippen molar-refractivity contribution in [3.63, 3.8) is 0 Å². The second-order valence-electron chi connectivity index (χ2n) is 3.09. The first kappa shape index (κ1) is 10.2. The Bertz CT molecular complexity index is 482. The van der Waals surface area contributed by atoms with Gasteiger partial charge >= 0.3 is 5.97 Å². The molecule has 6 nitrogen and oxygen atoms in total. The lowest BCUT2D eigenvalue weighted by molar-refractivity contribution is 0.0697. The highest BCUT2D eigenvalue weighted by molar-refractivity contribution is 5.88. The Morgan fingerprint density at radius 2 is 2.38 bits per heavy atom. The van der Waals surface area contributed by atoms with E-state index in [1.54, 1.807) is 18.2 Å². The number of nitrogens with one attached hydrogen (secondary N) is 1. The molecular formula is C10H9N3O3. The second kappa shape index (κ2) is 4.43. The number of carboxylic acid groups (broad SMARTS) is 1. The minimum atomic E-state index is -0.955. The van der Waals surface area contributed by atoms with Gasteiger partial charge in [-0.15, -0.1) is 0 Å². The van der Waals surface area contributed by atoms with Crippen LogP contribution in [0.15, 0.2) is 35.2 Å². The summed E-state index contributed by atoms with van der Waals surface area (Å²) in [4.78, 5) is 14.6. The standard InChI is InChI=1S/C10H9N3O3/c14-10(15)7-2-1-3-8(4-7)11-5-9-12-6-16-13-9/h1-4,6,11H,5H2,(H,14,15). The van der Waals surface area contributed by atoms with E-state index in [0.717, 1.165) is 0 Å². The fourth-order valence-electron chi connectivity index (χ4n) is 1.21. The molecule has 0 amide bonds. The molecule has 0 aliphatic rings. The van der Waals surface area contributed by atoms with Crippen LogP contribution in [0.5, 0.6) is 0 Å². The van der Waals surface area contributed by atoms with E-state index in [1.165, 1.54) is 12.5 Å². The molecule has 0 saturated carbocycles. The average Bonchev–Trinajstić information content (AvgIpc) is 2.79. The third-order valence-corrected chi connectivity index (χ3v) is 1.97. The maximum atomic E-state index is 10.7. The van der Waals surface area contributed by atoms with Crippen LogP contribution < -0.4 is 5.32 Å². The van der Waals surface area contributed by atoms with Gasteiger partial charge in [-0.25, -0.2) is 4.79 Å². The van der Waals surface area contributed by atoms with Crippen molar-refractivity contribution in [1.29, 1.82) is 0 Å². The lowest BCUT2D eigenvalue weighted by Crippen LogP contribution is -2.03. The van der Waals surface area contributed by atoms with Crippen molar-refractivity contribution in [3.05, 3.63) is 42.0 Å². The Hall–Kier alpha value is -2.37. The summed E-state index contributed by atoms with van der Waals surface area (Å²) in [5.74, 6) is -0.441. The molecule has 82 valence electrons. The van der Waals surface area contributed by atoms with E-state index >= 15 is 0 Å². The maximum absolute atomic E-state index is 10.7. The van der Waals surface area contributed by atoms with E-state index in [4.69, 9.17) is 5.11 Å². The van der Waals surface area contributed by atoms with Gasteiger partial charge in [-0.1, -0.05) is 11.2 Å². The highest BCUT2D eigenvalue weighted by atomic mass is 16.5. The SMILES string of the molecule is O=C(O)c1cccc(NCc2ncon2)c1. The number of hydrogen-bond acceptors (Lipinski definition) is 5. The van der Waals surface area contributed by atoms with Crippen molar-refractivity contribution in [2.24, 2.45) is 0 Å². The third kappa shape index (κ3) is 2.35. The average molecular weight is 219 g/mol. The van der Waals surface area contributed by atoms with Gasteiger partial charge < -0.3 is 14.9 Å². The maximum Gasteiger partial charge on any atom is 0.335 e. The number of aromatic nitrogens is 2. The second-order valence-corrected chi connectivity index (χ2v) is 3.09. The molecule has 0 aliphatic heterocycles. The van der Waals surface area contributed by atoms with Gasteiger partial charge in [0, 0.05) is 5.69 Å². The molecule has 1 heterocycles. The van der Waals surface area contributed by atoms with E-state index in [0.29, 0.717) is 18.1 Å². The molecule has 0 bridgehead atoms. The van der Waals surface area contributed by atoms with Gasteiger partial charge in [-0.2, -0.15) is 4.98 Å². The van der Waals surface area contributed by atoms with Crippen LogP contribution in [0.2, 0.25) is 0 Å². The molecule has 0 unspecified atom stereocenters. The number of anilines is 1. The normalized spacial score (nSPS) is 10.0. The molecule has 0 saturated heterocycles. The lowest BCUT2D eigenvalue weighted by atomic mass is 10.2. The molecule has 2 N–H and O–H groups in total. The summed E-state index contributed by atoms with van der Waals surface area (Å²) in [5.41, 5.74) is 0.933. The van der Waals surface area contributed by atoms with E-state index < -0.39 is 5.97 Å². The Morgan fingerprint density at radius 3 is 3.06 bits per heavy atom. The Labute approximate surface area is 90.9 Å². The van der Waals surface area contributed by atoms with Gasteiger partial charge in [-0.05, 0) is 18.2 Å². The summed E-state index contributed by atoms with van der Waals surface area (Å²) in [6.07, 6.45) is 1.24. The zero-order chi connectivity index (χ0) is 11.4. The zero-order valence-electron chi connectivity index (χ0n) is 8.25. The molecule has 6 heteroatoms. The summed E-state index contributed by atoms with van der Waals surface area (Å²) in [5, 5.41) is 15.4. The molecule has 2 aromatic rings. The minimum absolute atomic E-state index is 0.234. The zero-order valence-corrected chi connectivity index (χ0v) is 8.25. The van der Waals surface area contributed by atoms with Crippen LogP contribution in [-0.2, 0) is 6.54 Å². The molecule has 0 aliphatic carbocycles. The smallest absolute Gasteiger partial charge is 0.335 e. The van der Waals surface area contributed by atoms with Crippen LogP contribution in [0.4, 0.5) is 5.69 Å². The monoisotopic (exact) mass is 219 g/mol. The molecule has 2 rings (SSSR count). The number of benzene rings is 1.